The Balaban J connectivity index is 1.59. The number of aromatic nitrogens is 1. The summed E-state index contributed by atoms with van der Waals surface area (Å²) in [7, 11) is -3.92. The fraction of sp³-hybridized carbons (Fsp3) is 0.353. The number of benzene rings is 1. The van der Waals surface area contributed by atoms with Gasteiger partial charge in [-0.25, -0.2) is 18.1 Å². The maximum atomic E-state index is 12.4. The summed E-state index contributed by atoms with van der Waals surface area (Å²) < 4.78 is 27.4. The van der Waals surface area contributed by atoms with Gasteiger partial charge in [-0.1, -0.05) is 18.2 Å². The molecule has 3 rings (SSSR count). The van der Waals surface area contributed by atoms with Crippen molar-refractivity contribution >= 4 is 21.5 Å². The van der Waals surface area contributed by atoms with Crippen molar-refractivity contribution in [2.75, 3.05) is 24.5 Å². The van der Waals surface area contributed by atoms with Crippen molar-refractivity contribution < 1.29 is 13.3 Å². The van der Waals surface area contributed by atoms with Gasteiger partial charge in [0.05, 0.1) is 4.92 Å². The van der Waals surface area contributed by atoms with Crippen molar-refractivity contribution in [3.63, 3.8) is 0 Å². The van der Waals surface area contributed by atoms with Crippen LogP contribution in [0.1, 0.15) is 12.8 Å². The van der Waals surface area contributed by atoms with Gasteiger partial charge in [-0.05, 0) is 37.0 Å². The normalized spacial score (nSPS) is 15.8. The van der Waals surface area contributed by atoms with Crippen molar-refractivity contribution in [2.45, 2.75) is 17.7 Å². The number of nitrogens with zero attached hydrogens (tertiary/aromatic N) is 3. The van der Waals surface area contributed by atoms with Crippen molar-refractivity contribution in [2.24, 2.45) is 5.92 Å². The van der Waals surface area contributed by atoms with Crippen LogP contribution in [-0.2, 0) is 10.0 Å². The van der Waals surface area contributed by atoms with Crippen LogP contribution in [0.4, 0.5) is 11.5 Å². The summed E-state index contributed by atoms with van der Waals surface area (Å²) in [6.45, 7) is 1.87. The maximum Gasteiger partial charge on any atom is 0.289 e. The van der Waals surface area contributed by atoms with Crippen LogP contribution in [0.3, 0.4) is 0 Å². The summed E-state index contributed by atoms with van der Waals surface area (Å²) in [5, 5.41) is 11.0. The van der Waals surface area contributed by atoms with Crippen LogP contribution in [-0.4, -0.2) is 38.0 Å². The number of hydrogen-bond donors (Lipinski definition) is 1. The van der Waals surface area contributed by atoms with Crippen LogP contribution >= 0.6 is 0 Å². The Morgan fingerprint density at radius 2 is 1.85 bits per heavy atom. The van der Waals surface area contributed by atoms with Crippen molar-refractivity contribution in [3.8, 4) is 0 Å². The van der Waals surface area contributed by atoms with Gasteiger partial charge in [0.1, 0.15) is 5.82 Å². The number of nitro groups is 1. The average molecular weight is 376 g/mol. The number of para-hydroxylation sites is 1. The van der Waals surface area contributed by atoms with Gasteiger partial charge in [-0.3, -0.25) is 10.1 Å². The highest BCUT2D eigenvalue weighted by Crippen LogP contribution is 2.24. The second-order valence-corrected chi connectivity index (χ2v) is 7.93. The minimum absolute atomic E-state index is 0.188. The van der Waals surface area contributed by atoms with E-state index in [4.69, 9.17) is 0 Å². The third-order valence-corrected chi connectivity index (χ3v) is 5.97. The first-order valence-electron chi connectivity index (χ1n) is 8.36. The van der Waals surface area contributed by atoms with E-state index in [9.17, 15) is 18.5 Å². The first-order valence-corrected chi connectivity index (χ1v) is 9.85. The number of nitrogens with one attached hydrogen (secondary N) is 1. The van der Waals surface area contributed by atoms with Crippen molar-refractivity contribution in [1.82, 2.24) is 9.71 Å². The molecule has 0 atom stereocenters. The van der Waals surface area contributed by atoms with Gasteiger partial charge in [0, 0.05) is 31.9 Å². The predicted molar refractivity (Wildman–Crippen MR) is 97.5 cm³/mol. The van der Waals surface area contributed by atoms with E-state index in [1.54, 1.807) is 6.20 Å². The number of piperidine rings is 1. The van der Waals surface area contributed by atoms with Crippen LogP contribution in [0.15, 0.2) is 53.6 Å². The molecule has 1 aliphatic heterocycles. The summed E-state index contributed by atoms with van der Waals surface area (Å²) in [6, 6.07) is 11.1. The lowest BCUT2D eigenvalue weighted by Crippen LogP contribution is -2.39. The Labute approximate surface area is 152 Å². The fourth-order valence-electron chi connectivity index (χ4n) is 3.05. The van der Waals surface area contributed by atoms with Gasteiger partial charge >= 0.3 is 0 Å². The number of pyridine rings is 1. The summed E-state index contributed by atoms with van der Waals surface area (Å²) >= 11 is 0. The zero-order valence-electron chi connectivity index (χ0n) is 14.1. The monoisotopic (exact) mass is 376 g/mol. The van der Waals surface area contributed by atoms with E-state index in [1.165, 1.54) is 24.3 Å². The number of rotatable bonds is 6. The molecule has 0 spiro atoms. The Bertz CT molecular complexity index is 865. The molecule has 9 heteroatoms. The second kappa shape index (κ2) is 7.79. The quantitative estimate of drug-likeness (QED) is 0.612. The smallest absolute Gasteiger partial charge is 0.289 e. The standard InChI is InChI=1S/C17H20N4O4S/c22-21(23)15-5-1-2-6-16(15)26(24,25)19-13-14-8-11-20(12-9-14)17-7-3-4-10-18-17/h1-7,10,14,19H,8-9,11-13H2. The van der Waals surface area contributed by atoms with Crippen molar-refractivity contribution in [3.05, 3.63) is 58.8 Å². The molecule has 2 aromatic rings. The average Bonchev–Trinajstić information content (AvgIpc) is 2.67. The van der Waals surface area contributed by atoms with E-state index >= 15 is 0 Å². The molecule has 1 aromatic carbocycles. The molecule has 1 fully saturated rings. The molecule has 138 valence electrons. The zero-order chi connectivity index (χ0) is 18.6. The van der Waals surface area contributed by atoms with E-state index in [-0.39, 0.29) is 17.4 Å². The molecule has 1 saturated heterocycles. The van der Waals surface area contributed by atoms with Crippen LogP contribution in [0.2, 0.25) is 0 Å². The summed E-state index contributed by atoms with van der Waals surface area (Å²) in [5.41, 5.74) is -0.412. The molecule has 1 aromatic heterocycles. The number of nitro benzene ring substituents is 1. The molecule has 0 radical (unpaired) electrons. The molecule has 0 amide bonds. The van der Waals surface area contributed by atoms with E-state index in [1.807, 2.05) is 18.2 Å². The molecule has 2 heterocycles. The lowest BCUT2D eigenvalue weighted by molar-refractivity contribution is -0.387. The van der Waals surface area contributed by atoms with Crippen LogP contribution < -0.4 is 9.62 Å². The van der Waals surface area contributed by atoms with E-state index in [2.05, 4.69) is 14.6 Å². The predicted octanol–water partition coefficient (Wildman–Crippen LogP) is 2.18. The molecule has 0 saturated carbocycles. The molecule has 0 unspecified atom stereocenters. The fourth-order valence-corrected chi connectivity index (χ4v) is 4.33. The summed E-state index contributed by atoms with van der Waals surface area (Å²) in [5.74, 6) is 1.11. The second-order valence-electron chi connectivity index (χ2n) is 6.20. The Morgan fingerprint density at radius 1 is 1.15 bits per heavy atom. The zero-order valence-corrected chi connectivity index (χ0v) is 14.9. The van der Waals surface area contributed by atoms with Crippen molar-refractivity contribution in [1.29, 1.82) is 0 Å². The molecule has 8 nitrogen and oxygen atoms in total. The molecular weight excluding hydrogens is 356 g/mol. The maximum absolute atomic E-state index is 12.4. The first kappa shape index (κ1) is 18.3. The van der Waals surface area contributed by atoms with Gasteiger partial charge in [0.2, 0.25) is 10.0 Å². The van der Waals surface area contributed by atoms with Gasteiger partial charge in [-0.2, -0.15) is 0 Å². The minimum Gasteiger partial charge on any atom is -0.357 e. The summed E-state index contributed by atoms with van der Waals surface area (Å²) in [4.78, 5) is 16.6. The molecular formula is C17H20N4O4S. The van der Waals surface area contributed by atoms with E-state index in [0.717, 1.165) is 31.7 Å². The largest absolute Gasteiger partial charge is 0.357 e. The van der Waals surface area contributed by atoms with Crippen LogP contribution in [0.25, 0.3) is 0 Å². The van der Waals surface area contributed by atoms with Crippen LogP contribution in [0, 0.1) is 16.0 Å². The molecule has 26 heavy (non-hydrogen) atoms. The molecule has 1 aliphatic rings. The third-order valence-electron chi connectivity index (χ3n) is 4.50. The van der Waals surface area contributed by atoms with E-state index in [0.29, 0.717) is 0 Å². The Kier molecular flexibility index (Phi) is 5.48. The third kappa shape index (κ3) is 4.17. The van der Waals surface area contributed by atoms with Gasteiger partial charge in [0.15, 0.2) is 4.90 Å². The van der Waals surface area contributed by atoms with Gasteiger partial charge < -0.3 is 4.90 Å². The lowest BCUT2D eigenvalue weighted by Gasteiger charge is -2.32. The topological polar surface area (TPSA) is 105 Å². The summed E-state index contributed by atoms with van der Waals surface area (Å²) in [6.07, 6.45) is 3.41. The highest BCUT2D eigenvalue weighted by atomic mass is 32.2. The van der Waals surface area contributed by atoms with Gasteiger partial charge in [0.25, 0.3) is 5.69 Å². The van der Waals surface area contributed by atoms with Crippen LogP contribution in [0.5, 0.6) is 0 Å². The lowest BCUT2D eigenvalue weighted by atomic mass is 9.97. The highest BCUT2D eigenvalue weighted by Gasteiger charge is 2.27. The number of anilines is 1. The van der Waals surface area contributed by atoms with Gasteiger partial charge in [-0.15, -0.1) is 0 Å². The SMILES string of the molecule is O=[N+]([O-])c1ccccc1S(=O)(=O)NCC1CCN(c2ccccn2)CC1. The first-order chi connectivity index (χ1) is 12.5. The number of hydrogen-bond acceptors (Lipinski definition) is 6. The highest BCUT2D eigenvalue weighted by molar-refractivity contribution is 7.89. The van der Waals surface area contributed by atoms with E-state index < -0.39 is 20.6 Å². The molecule has 1 N–H and O–H groups in total. The molecule has 0 bridgehead atoms. The molecule has 0 aliphatic carbocycles. The number of sulfonamides is 1. The Morgan fingerprint density at radius 3 is 2.50 bits per heavy atom. The minimum atomic E-state index is -3.92. The Hall–Kier alpha value is -2.52.